The molecule has 2 saturated heterocycles. The quantitative estimate of drug-likeness (QED) is 0.767. The van der Waals surface area contributed by atoms with Crippen molar-refractivity contribution < 1.29 is 13.2 Å². The van der Waals surface area contributed by atoms with Crippen molar-refractivity contribution in [2.24, 2.45) is 11.8 Å². The van der Waals surface area contributed by atoms with Gasteiger partial charge in [-0.2, -0.15) is 4.31 Å². The van der Waals surface area contributed by atoms with Gasteiger partial charge in [0.15, 0.2) is 0 Å². The Balaban J connectivity index is 1.51. The molecule has 0 aliphatic carbocycles. The minimum atomic E-state index is -3.60. The Morgan fingerprint density at radius 2 is 1.86 bits per heavy atom. The van der Waals surface area contributed by atoms with E-state index in [1.165, 1.54) is 4.31 Å². The number of benzene rings is 1. The molecule has 0 radical (unpaired) electrons. The molecule has 158 valence electrons. The molecule has 2 aromatic rings. The summed E-state index contributed by atoms with van der Waals surface area (Å²) < 4.78 is 30.2. The fraction of sp³-hybridized carbons (Fsp3) is 0.591. The molecule has 29 heavy (non-hydrogen) atoms. The summed E-state index contributed by atoms with van der Waals surface area (Å²) >= 11 is 0. The smallest absolute Gasteiger partial charge is 0.243 e. The van der Waals surface area contributed by atoms with E-state index in [9.17, 15) is 13.2 Å². The van der Waals surface area contributed by atoms with Crippen LogP contribution in [0.15, 0.2) is 35.4 Å². The van der Waals surface area contributed by atoms with E-state index in [0.717, 1.165) is 56.2 Å². The summed E-state index contributed by atoms with van der Waals surface area (Å²) in [6.07, 6.45) is 5.57. The molecule has 0 unspecified atom stereocenters. The molecule has 1 aromatic heterocycles. The first-order valence-electron chi connectivity index (χ1n) is 10.8. The van der Waals surface area contributed by atoms with Gasteiger partial charge in [0.05, 0.1) is 10.8 Å². The molecule has 1 aromatic carbocycles. The van der Waals surface area contributed by atoms with Gasteiger partial charge in [0.25, 0.3) is 0 Å². The second kappa shape index (κ2) is 8.11. The number of amides is 1. The normalized spacial score (nSPS) is 22.3. The van der Waals surface area contributed by atoms with E-state index in [4.69, 9.17) is 0 Å². The van der Waals surface area contributed by atoms with E-state index in [1.807, 2.05) is 23.2 Å². The van der Waals surface area contributed by atoms with Crippen LogP contribution in [0.4, 0.5) is 0 Å². The summed E-state index contributed by atoms with van der Waals surface area (Å²) in [7, 11) is -3.60. The SMILES string of the molecule is CCn1ccc2cc(S(=O)(=O)N3CCC[C@H](C(=O)N4CCC(C)CC4)C3)ccc21. The van der Waals surface area contributed by atoms with Gasteiger partial charge in [0.2, 0.25) is 15.9 Å². The van der Waals surface area contributed by atoms with Crippen molar-refractivity contribution in [3.63, 3.8) is 0 Å². The van der Waals surface area contributed by atoms with Gasteiger partial charge in [-0.05, 0) is 62.8 Å². The fourth-order valence-electron chi connectivity index (χ4n) is 4.61. The van der Waals surface area contributed by atoms with E-state index in [0.29, 0.717) is 23.9 Å². The van der Waals surface area contributed by atoms with Crippen LogP contribution in [0.25, 0.3) is 10.9 Å². The Morgan fingerprint density at radius 3 is 2.59 bits per heavy atom. The first-order valence-corrected chi connectivity index (χ1v) is 12.2. The minimum absolute atomic E-state index is 0.132. The van der Waals surface area contributed by atoms with Gasteiger partial charge in [-0.15, -0.1) is 0 Å². The first kappa shape index (κ1) is 20.4. The number of piperidine rings is 2. The van der Waals surface area contributed by atoms with Gasteiger partial charge in [0, 0.05) is 49.8 Å². The van der Waals surface area contributed by atoms with Gasteiger partial charge in [-0.1, -0.05) is 6.92 Å². The average Bonchev–Trinajstić information content (AvgIpc) is 3.16. The van der Waals surface area contributed by atoms with Crippen LogP contribution in [0, 0.1) is 11.8 Å². The molecule has 3 heterocycles. The third kappa shape index (κ3) is 3.94. The topological polar surface area (TPSA) is 62.6 Å². The van der Waals surface area contributed by atoms with Crippen LogP contribution in [-0.2, 0) is 21.4 Å². The zero-order chi connectivity index (χ0) is 20.6. The Bertz CT molecular complexity index is 990. The molecule has 2 fully saturated rings. The van der Waals surface area contributed by atoms with Crippen molar-refractivity contribution in [3.05, 3.63) is 30.5 Å². The van der Waals surface area contributed by atoms with E-state index < -0.39 is 10.0 Å². The molecule has 1 atom stereocenters. The standard InChI is InChI=1S/C22H31N3O3S/c1-3-23-14-10-18-15-20(6-7-21(18)23)29(27,28)25-11-4-5-19(16-25)22(26)24-12-8-17(2)9-13-24/h6-7,10,14-15,17,19H,3-5,8-9,11-13,16H2,1-2H3/t19-/m0/s1. The molecule has 0 N–H and O–H groups in total. The van der Waals surface area contributed by atoms with Gasteiger partial charge in [0.1, 0.15) is 0 Å². The van der Waals surface area contributed by atoms with Crippen LogP contribution in [0.1, 0.15) is 39.5 Å². The summed E-state index contributed by atoms with van der Waals surface area (Å²) in [4.78, 5) is 15.2. The predicted octanol–water partition coefficient (Wildman–Crippen LogP) is 3.32. The number of aryl methyl sites for hydroxylation is 1. The van der Waals surface area contributed by atoms with Gasteiger partial charge >= 0.3 is 0 Å². The molecule has 0 spiro atoms. The maximum absolute atomic E-state index is 13.3. The number of nitrogens with zero attached hydrogens (tertiary/aromatic N) is 3. The van der Waals surface area contributed by atoms with Crippen LogP contribution >= 0.6 is 0 Å². The number of carbonyl (C=O) groups excluding carboxylic acids is 1. The highest BCUT2D eigenvalue weighted by Gasteiger charge is 2.35. The molecule has 1 amide bonds. The Morgan fingerprint density at radius 1 is 1.10 bits per heavy atom. The van der Waals surface area contributed by atoms with Crippen molar-refractivity contribution in [2.75, 3.05) is 26.2 Å². The number of hydrogen-bond acceptors (Lipinski definition) is 3. The van der Waals surface area contributed by atoms with E-state index in [2.05, 4.69) is 18.4 Å². The molecule has 0 saturated carbocycles. The second-order valence-corrected chi connectivity index (χ2v) is 10.5. The minimum Gasteiger partial charge on any atom is -0.348 e. The van der Waals surface area contributed by atoms with Crippen molar-refractivity contribution in [2.45, 2.75) is 51.0 Å². The third-order valence-corrected chi connectivity index (χ3v) is 8.41. The molecule has 0 bridgehead atoms. The van der Waals surface area contributed by atoms with Crippen LogP contribution in [0.5, 0.6) is 0 Å². The van der Waals surface area contributed by atoms with Crippen molar-refractivity contribution in [1.82, 2.24) is 13.8 Å². The lowest BCUT2D eigenvalue weighted by Gasteiger charge is -2.36. The maximum atomic E-state index is 13.3. The Labute approximate surface area is 173 Å². The number of fused-ring (bicyclic) bond motifs is 1. The zero-order valence-electron chi connectivity index (χ0n) is 17.4. The monoisotopic (exact) mass is 417 g/mol. The summed E-state index contributed by atoms with van der Waals surface area (Å²) in [5, 5.41) is 0.931. The molecule has 4 rings (SSSR count). The molecule has 2 aliphatic heterocycles. The van der Waals surface area contributed by atoms with Gasteiger partial charge < -0.3 is 9.47 Å². The molecular formula is C22H31N3O3S. The number of hydrogen-bond donors (Lipinski definition) is 0. The average molecular weight is 418 g/mol. The Hall–Kier alpha value is -1.86. The number of aromatic nitrogens is 1. The first-order chi connectivity index (χ1) is 13.9. The van der Waals surface area contributed by atoms with Crippen LogP contribution in [-0.4, -0.2) is 54.3 Å². The molecule has 7 heteroatoms. The number of carbonyl (C=O) groups is 1. The fourth-order valence-corrected chi connectivity index (χ4v) is 6.17. The number of sulfonamides is 1. The van der Waals surface area contributed by atoms with Crippen LogP contribution < -0.4 is 0 Å². The highest BCUT2D eigenvalue weighted by atomic mass is 32.2. The highest BCUT2D eigenvalue weighted by Crippen LogP contribution is 2.28. The van der Waals surface area contributed by atoms with Crippen LogP contribution in [0.2, 0.25) is 0 Å². The van der Waals surface area contributed by atoms with E-state index in [1.54, 1.807) is 12.1 Å². The van der Waals surface area contributed by atoms with Gasteiger partial charge in [-0.25, -0.2) is 8.42 Å². The molecule has 6 nitrogen and oxygen atoms in total. The number of rotatable bonds is 4. The lowest BCUT2D eigenvalue weighted by atomic mass is 9.94. The lowest BCUT2D eigenvalue weighted by Crippen LogP contribution is -2.48. The Kier molecular flexibility index (Phi) is 5.71. The van der Waals surface area contributed by atoms with E-state index in [-0.39, 0.29) is 11.8 Å². The summed E-state index contributed by atoms with van der Waals surface area (Å²) in [5.74, 6) is 0.573. The second-order valence-electron chi connectivity index (χ2n) is 8.53. The summed E-state index contributed by atoms with van der Waals surface area (Å²) in [5.41, 5.74) is 1.04. The summed E-state index contributed by atoms with van der Waals surface area (Å²) in [6, 6.07) is 7.29. The molecule has 2 aliphatic rings. The zero-order valence-corrected chi connectivity index (χ0v) is 18.2. The number of likely N-dealkylation sites (tertiary alicyclic amines) is 1. The maximum Gasteiger partial charge on any atom is 0.243 e. The van der Waals surface area contributed by atoms with Crippen LogP contribution in [0.3, 0.4) is 0 Å². The highest BCUT2D eigenvalue weighted by molar-refractivity contribution is 7.89. The lowest BCUT2D eigenvalue weighted by molar-refractivity contribution is -0.138. The third-order valence-electron chi connectivity index (χ3n) is 6.55. The summed E-state index contributed by atoms with van der Waals surface area (Å²) in [6.45, 7) is 7.52. The largest absolute Gasteiger partial charge is 0.348 e. The predicted molar refractivity (Wildman–Crippen MR) is 114 cm³/mol. The molecular weight excluding hydrogens is 386 g/mol. The van der Waals surface area contributed by atoms with Crippen molar-refractivity contribution >= 4 is 26.8 Å². The van der Waals surface area contributed by atoms with Crippen molar-refractivity contribution in [1.29, 1.82) is 0 Å². The van der Waals surface area contributed by atoms with Gasteiger partial charge in [-0.3, -0.25) is 4.79 Å². The van der Waals surface area contributed by atoms with E-state index >= 15 is 0 Å². The van der Waals surface area contributed by atoms with Crippen molar-refractivity contribution in [3.8, 4) is 0 Å².